The number of anilines is 2. The lowest BCUT2D eigenvalue weighted by atomic mass is 10.3. The molecule has 6 heteroatoms. The number of pyridine rings is 1. The van der Waals surface area contributed by atoms with Crippen LogP contribution in [0.3, 0.4) is 0 Å². The van der Waals surface area contributed by atoms with E-state index >= 15 is 0 Å². The summed E-state index contributed by atoms with van der Waals surface area (Å²) in [4.78, 5) is 4.32. The summed E-state index contributed by atoms with van der Waals surface area (Å²) in [6.45, 7) is 3.34. The van der Waals surface area contributed by atoms with Crippen LogP contribution in [-0.2, 0) is 6.54 Å². The Morgan fingerprint density at radius 3 is 2.90 bits per heavy atom. The van der Waals surface area contributed by atoms with Gasteiger partial charge in [-0.1, -0.05) is 6.07 Å². The van der Waals surface area contributed by atoms with Gasteiger partial charge in [0.05, 0.1) is 17.9 Å². The first kappa shape index (κ1) is 15.2. The van der Waals surface area contributed by atoms with E-state index in [1.807, 2.05) is 19.1 Å². The Bertz CT molecular complexity index is 618. The fourth-order valence-electron chi connectivity index (χ4n) is 1.84. The second kappa shape index (κ2) is 7.54. The van der Waals surface area contributed by atoms with Crippen LogP contribution in [0.5, 0.6) is 0 Å². The van der Waals surface area contributed by atoms with Crippen LogP contribution in [0.15, 0.2) is 42.6 Å². The number of halogens is 1. The van der Waals surface area contributed by atoms with Gasteiger partial charge in [0.2, 0.25) is 0 Å². The van der Waals surface area contributed by atoms with Gasteiger partial charge in [0, 0.05) is 18.4 Å². The van der Waals surface area contributed by atoms with Crippen molar-refractivity contribution >= 4 is 28.7 Å². The van der Waals surface area contributed by atoms with Gasteiger partial charge in [-0.15, -0.1) is 0 Å². The summed E-state index contributed by atoms with van der Waals surface area (Å²) in [5.41, 5.74) is 2.46. The minimum Gasteiger partial charge on any atom is -0.384 e. The molecule has 21 heavy (non-hydrogen) atoms. The molecule has 110 valence electrons. The van der Waals surface area contributed by atoms with Gasteiger partial charge < -0.3 is 16.0 Å². The molecule has 0 aliphatic rings. The van der Waals surface area contributed by atoms with Gasteiger partial charge in [-0.25, -0.2) is 4.39 Å². The molecule has 0 fully saturated rings. The number of aromatic nitrogens is 1. The van der Waals surface area contributed by atoms with Crippen molar-refractivity contribution in [3.8, 4) is 0 Å². The Morgan fingerprint density at radius 2 is 2.14 bits per heavy atom. The topological polar surface area (TPSA) is 49.0 Å². The molecule has 0 amide bonds. The third kappa shape index (κ3) is 4.68. The summed E-state index contributed by atoms with van der Waals surface area (Å²) in [7, 11) is 0. The van der Waals surface area contributed by atoms with Gasteiger partial charge in [-0.2, -0.15) is 0 Å². The van der Waals surface area contributed by atoms with Crippen molar-refractivity contribution in [3.63, 3.8) is 0 Å². The Labute approximate surface area is 128 Å². The van der Waals surface area contributed by atoms with Crippen LogP contribution in [-0.4, -0.2) is 16.6 Å². The minimum atomic E-state index is -0.304. The van der Waals surface area contributed by atoms with Crippen LogP contribution in [0.1, 0.15) is 12.6 Å². The molecule has 0 spiro atoms. The van der Waals surface area contributed by atoms with Crippen molar-refractivity contribution in [2.75, 3.05) is 17.2 Å². The molecule has 1 aromatic heterocycles. The highest BCUT2D eigenvalue weighted by Crippen LogP contribution is 2.12. The summed E-state index contributed by atoms with van der Waals surface area (Å²) >= 11 is 5.19. The standard InChI is InChI=1S/C15H17FN4S/c1-2-17-13-7-4-8-18-14(13)10-19-15(21)20-12-6-3-5-11(16)9-12/h3-9,17H,2,10H2,1H3,(H2,19,20,21). The maximum atomic E-state index is 13.1. The molecule has 2 rings (SSSR count). The van der Waals surface area contributed by atoms with E-state index in [2.05, 4.69) is 20.9 Å². The van der Waals surface area contributed by atoms with E-state index in [0.717, 1.165) is 17.9 Å². The number of benzene rings is 1. The molecule has 0 saturated heterocycles. The second-order valence-electron chi connectivity index (χ2n) is 4.35. The van der Waals surface area contributed by atoms with Crippen LogP contribution in [0.2, 0.25) is 0 Å². The first-order valence-electron chi connectivity index (χ1n) is 6.67. The lowest BCUT2D eigenvalue weighted by Gasteiger charge is -2.13. The predicted molar refractivity (Wildman–Crippen MR) is 87.9 cm³/mol. The van der Waals surface area contributed by atoms with E-state index in [0.29, 0.717) is 17.3 Å². The van der Waals surface area contributed by atoms with Gasteiger partial charge in [0.15, 0.2) is 5.11 Å². The highest BCUT2D eigenvalue weighted by Gasteiger charge is 2.04. The fraction of sp³-hybridized carbons (Fsp3) is 0.200. The SMILES string of the molecule is CCNc1cccnc1CNC(=S)Nc1cccc(F)c1. The average Bonchev–Trinajstić information content (AvgIpc) is 2.47. The van der Waals surface area contributed by atoms with Crippen molar-refractivity contribution in [1.29, 1.82) is 0 Å². The number of hydrogen-bond donors (Lipinski definition) is 3. The van der Waals surface area contributed by atoms with Crippen LogP contribution in [0.4, 0.5) is 15.8 Å². The summed E-state index contributed by atoms with van der Waals surface area (Å²) < 4.78 is 13.1. The molecule has 1 aromatic carbocycles. The third-order valence-electron chi connectivity index (χ3n) is 2.76. The van der Waals surface area contributed by atoms with Crippen molar-refractivity contribution in [2.45, 2.75) is 13.5 Å². The zero-order valence-electron chi connectivity index (χ0n) is 11.7. The summed E-state index contributed by atoms with van der Waals surface area (Å²) in [6.07, 6.45) is 1.74. The molecule has 0 aliphatic heterocycles. The van der Waals surface area contributed by atoms with Crippen LogP contribution >= 0.6 is 12.2 Å². The molecule has 1 heterocycles. The van der Waals surface area contributed by atoms with Gasteiger partial charge >= 0.3 is 0 Å². The minimum absolute atomic E-state index is 0.304. The predicted octanol–water partition coefficient (Wildman–Crippen LogP) is 3.14. The molecule has 0 saturated carbocycles. The van der Waals surface area contributed by atoms with E-state index in [9.17, 15) is 4.39 Å². The van der Waals surface area contributed by atoms with Gasteiger partial charge in [-0.3, -0.25) is 4.98 Å². The second-order valence-corrected chi connectivity index (χ2v) is 4.75. The zero-order valence-corrected chi connectivity index (χ0v) is 12.5. The number of nitrogens with zero attached hydrogens (tertiary/aromatic N) is 1. The maximum absolute atomic E-state index is 13.1. The smallest absolute Gasteiger partial charge is 0.171 e. The molecule has 0 atom stereocenters. The van der Waals surface area contributed by atoms with Crippen LogP contribution in [0.25, 0.3) is 0 Å². The number of thiocarbonyl (C=S) groups is 1. The van der Waals surface area contributed by atoms with Gasteiger partial charge in [0.25, 0.3) is 0 Å². The van der Waals surface area contributed by atoms with Crippen LogP contribution in [0, 0.1) is 5.82 Å². The highest BCUT2D eigenvalue weighted by atomic mass is 32.1. The molecular formula is C15H17FN4S. The zero-order chi connectivity index (χ0) is 15.1. The molecule has 0 bridgehead atoms. The molecule has 0 unspecified atom stereocenters. The van der Waals surface area contributed by atoms with Gasteiger partial charge in [-0.05, 0) is 49.5 Å². The third-order valence-corrected chi connectivity index (χ3v) is 3.00. The van der Waals surface area contributed by atoms with E-state index in [1.165, 1.54) is 12.1 Å². The molecule has 0 aliphatic carbocycles. The normalized spacial score (nSPS) is 10.0. The number of nitrogens with one attached hydrogen (secondary N) is 3. The first-order valence-corrected chi connectivity index (χ1v) is 7.08. The molecule has 2 aromatic rings. The van der Waals surface area contributed by atoms with Crippen molar-refractivity contribution in [3.05, 3.63) is 54.1 Å². The molecule has 0 radical (unpaired) electrons. The first-order chi connectivity index (χ1) is 10.2. The van der Waals surface area contributed by atoms with Crippen molar-refractivity contribution < 1.29 is 4.39 Å². The monoisotopic (exact) mass is 304 g/mol. The Morgan fingerprint density at radius 1 is 1.29 bits per heavy atom. The highest BCUT2D eigenvalue weighted by molar-refractivity contribution is 7.80. The van der Waals surface area contributed by atoms with E-state index in [1.54, 1.807) is 18.3 Å². The van der Waals surface area contributed by atoms with Gasteiger partial charge in [0.1, 0.15) is 5.82 Å². The molecule has 4 nitrogen and oxygen atoms in total. The maximum Gasteiger partial charge on any atom is 0.171 e. The van der Waals surface area contributed by atoms with Crippen LogP contribution < -0.4 is 16.0 Å². The average molecular weight is 304 g/mol. The van der Waals surface area contributed by atoms with E-state index in [4.69, 9.17) is 12.2 Å². The molecule has 3 N–H and O–H groups in total. The lowest BCUT2D eigenvalue weighted by Crippen LogP contribution is -2.28. The van der Waals surface area contributed by atoms with E-state index in [-0.39, 0.29) is 5.82 Å². The fourth-order valence-corrected chi connectivity index (χ4v) is 2.03. The lowest BCUT2D eigenvalue weighted by molar-refractivity contribution is 0.628. The quantitative estimate of drug-likeness (QED) is 0.741. The largest absolute Gasteiger partial charge is 0.384 e. The van der Waals surface area contributed by atoms with Crippen molar-refractivity contribution in [1.82, 2.24) is 10.3 Å². The summed E-state index contributed by atoms with van der Waals surface area (Å²) in [5.74, 6) is -0.304. The van der Waals surface area contributed by atoms with Crippen molar-refractivity contribution in [2.24, 2.45) is 0 Å². The Kier molecular flexibility index (Phi) is 5.45. The van der Waals surface area contributed by atoms with E-state index < -0.39 is 0 Å². The number of rotatable bonds is 5. The summed E-state index contributed by atoms with van der Waals surface area (Å²) in [6, 6.07) is 10.0. The molecular weight excluding hydrogens is 287 g/mol. The number of hydrogen-bond acceptors (Lipinski definition) is 3. The Hall–Kier alpha value is -2.21. The Balaban J connectivity index is 1.92. The summed E-state index contributed by atoms with van der Waals surface area (Å²) in [5, 5.41) is 9.66.